The fourth-order valence-corrected chi connectivity index (χ4v) is 10.0. The molecular formula is C47H49ClN8O5. The number of rotatable bonds is 10. The number of halogens is 1. The second-order valence-electron chi connectivity index (χ2n) is 17.5. The van der Waals surface area contributed by atoms with Crippen molar-refractivity contribution < 1.29 is 23.9 Å². The molecule has 0 bridgehead atoms. The highest BCUT2D eigenvalue weighted by Crippen LogP contribution is 2.42. The molecule has 2 unspecified atom stereocenters. The van der Waals surface area contributed by atoms with Gasteiger partial charge in [0.25, 0.3) is 11.8 Å². The van der Waals surface area contributed by atoms with Crippen LogP contribution < -0.4 is 19.9 Å². The summed E-state index contributed by atoms with van der Waals surface area (Å²) >= 11 is 6.32. The van der Waals surface area contributed by atoms with Crippen molar-refractivity contribution in [1.82, 2.24) is 25.1 Å². The van der Waals surface area contributed by atoms with E-state index in [2.05, 4.69) is 55.8 Å². The third-order valence-corrected chi connectivity index (χ3v) is 13.8. The molecule has 3 saturated heterocycles. The van der Waals surface area contributed by atoms with E-state index in [9.17, 15) is 19.2 Å². The van der Waals surface area contributed by atoms with Gasteiger partial charge >= 0.3 is 0 Å². The van der Waals surface area contributed by atoms with Crippen LogP contribution in [0.1, 0.15) is 89.9 Å². The number of fused-ring (bicyclic) bond motifs is 1. The van der Waals surface area contributed by atoms with Gasteiger partial charge in [0.2, 0.25) is 17.8 Å². The summed E-state index contributed by atoms with van der Waals surface area (Å²) in [5, 5.41) is 2.82. The Morgan fingerprint density at radius 1 is 0.852 bits per heavy atom. The molecule has 1 saturated carbocycles. The number of amides is 4. The molecule has 0 radical (unpaired) electrons. The zero-order valence-corrected chi connectivity index (χ0v) is 35.2. The number of benzene rings is 3. The first-order chi connectivity index (χ1) is 29.4. The van der Waals surface area contributed by atoms with Crippen LogP contribution in [0.15, 0.2) is 72.9 Å². The maximum absolute atomic E-state index is 13.5. The monoisotopic (exact) mass is 840 g/mol. The van der Waals surface area contributed by atoms with E-state index in [4.69, 9.17) is 27.9 Å². The van der Waals surface area contributed by atoms with Gasteiger partial charge in [0, 0.05) is 74.1 Å². The van der Waals surface area contributed by atoms with Crippen LogP contribution in [-0.4, -0.2) is 94.7 Å². The van der Waals surface area contributed by atoms with Crippen molar-refractivity contribution in [3.05, 3.63) is 117 Å². The van der Waals surface area contributed by atoms with Gasteiger partial charge in [-0.05, 0) is 104 Å². The standard InChI is InChI=1S/C47H49ClN8O5/c1-47(2,32-23-33(48)25-35(24-32)49-3)31-6-9-38(10-7-31)61-28-34-14-15-50-46(51-34)54-19-17-53(18-20-54)37-21-30(22-37)29-5-4-16-55(27-29)36-8-11-39-40(26-36)45(60)56(44(39)59)41-12-13-42(57)52-43(41)58/h6-11,14-15,23-26,29-30,37,41H,4-5,12-13,16-22,27-28H2,1-2H3,(H,52,57,58). The number of imide groups is 2. The van der Waals surface area contributed by atoms with Crippen molar-refractivity contribution in [3.8, 4) is 5.75 Å². The zero-order chi connectivity index (χ0) is 42.4. The van der Waals surface area contributed by atoms with Gasteiger partial charge < -0.3 is 14.5 Å². The van der Waals surface area contributed by atoms with Gasteiger partial charge in [-0.15, -0.1) is 0 Å². The smallest absolute Gasteiger partial charge is 0.262 e. The highest BCUT2D eigenvalue weighted by atomic mass is 35.5. The van der Waals surface area contributed by atoms with E-state index in [-0.39, 0.29) is 24.2 Å². The molecule has 1 aromatic heterocycles. The molecule has 5 aliphatic rings. The first kappa shape index (κ1) is 40.6. The van der Waals surface area contributed by atoms with Crippen LogP contribution in [0.5, 0.6) is 5.75 Å². The summed E-state index contributed by atoms with van der Waals surface area (Å²) in [5.74, 6) is 0.772. The van der Waals surface area contributed by atoms with Crippen LogP contribution in [0, 0.1) is 18.4 Å². The molecule has 4 aliphatic heterocycles. The number of nitrogens with zero attached hydrogens (tertiary/aromatic N) is 7. The highest BCUT2D eigenvalue weighted by Gasteiger charge is 2.45. The number of anilines is 2. The van der Waals surface area contributed by atoms with E-state index in [1.54, 1.807) is 12.1 Å². The second kappa shape index (κ2) is 16.6. The normalized spacial score (nSPS) is 23.3. The van der Waals surface area contributed by atoms with Crippen LogP contribution in [0.2, 0.25) is 5.02 Å². The Hall–Kier alpha value is -5.84. The number of ether oxygens (including phenoxy) is 1. The quantitative estimate of drug-likeness (QED) is 0.134. The lowest BCUT2D eigenvalue weighted by atomic mass is 9.69. The Bertz CT molecular complexity index is 2420. The minimum atomic E-state index is -0.965. The Labute approximate surface area is 360 Å². The summed E-state index contributed by atoms with van der Waals surface area (Å²) in [4.78, 5) is 72.2. The van der Waals surface area contributed by atoms with Gasteiger partial charge in [0.05, 0.1) is 23.4 Å². The van der Waals surface area contributed by atoms with Crippen molar-refractivity contribution in [2.45, 2.75) is 76.5 Å². The summed E-state index contributed by atoms with van der Waals surface area (Å²) in [6.45, 7) is 17.5. The molecule has 1 N–H and O–H groups in total. The number of aromatic nitrogens is 2. The second-order valence-corrected chi connectivity index (χ2v) is 18.0. The summed E-state index contributed by atoms with van der Waals surface area (Å²) in [5.41, 5.74) is 4.65. The van der Waals surface area contributed by atoms with Crippen LogP contribution >= 0.6 is 11.6 Å². The number of piperazine rings is 1. The molecule has 0 spiro atoms. The molecule has 9 rings (SSSR count). The van der Waals surface area contributed by atoms with Crippen molar-refractivity contribution in [3.63, 3.8) is 0 Å². The number of carbonyl (C=O) groups is 4. The fraction of sp³-hybridized carbons (Fsp3) is 0.426. The summed E-state index contributed by atoms with van der Waals surface area (Å²) < 4.78 is 6.15. The lowest BCUT2D eigenvalue weighted by Crippen LogP contribution is -2.56. The first-order valence-electron chi connectivity index (χ1n) is 21.3. The van der Waals surface area contributed by atoms with Crippen LogP contribution in [0.4, 0.5) is 17.3 Å². The van der Waals surface area contributed by atoms with E-state index < -0.39 is 23.8 Å². The topological polar surface area (TPSA) is 133 Å². The molecule has 5 heterocycles. The van der Waals surface area contributed by atoms with Crippen LogP contribution in [0.25, 0.3) is 4.85 Å². The maximum atomic E-state index is 13.5. The van der Waals surface area contributed by atoms with Crippen molar-refractivity contribution in [1.29, 1.82) is 0 Å². The molecule has 3 aromatic carbocycles. The summed E-state index contributed by atoms with van der Waals surface area (Å²) in [6, 6.07) is 20.5. The summed E-state index contributed by atoms with van der Waals surface area (Å²) in [6.07, 6.45) is 6.67. The maximum Gasteiger partial charge on any atom is 0.262 e. The fourth-order valence-electron chi connectivity index (χ4n) is 9.79. The van der Waals surface area contributed by atoms with Gasteiger partial charge in [-0.1, -0.05) is 43.6 Å². The van der Waals surface area contributed by atoms with Gasteiger partial charge in [-0.3, -0.25) is 34.3 Å². The van der Waals surface area contributed by atoms with E-state index in [1.807, 2.05) is 48.7 Å². The predicted molar refractivity (Wildman–Crippen MR) is 231 cm³/mol. The lowest BCUT2D eigenvalue weighted by Gasteiger charge is -2.50. The average Bonchev–Trinajstić information content (AvgIpc) is 3.50. The van der Waals surface area contributed by atoms with E-state index in [0.717, 1.165) is 84.8 Å². The van der Waals surface area contributed by atoms with Crippen molar-refractivity contribution >= 4 is 52.6 Å². The van der Waals surface area contributed by atoms with Gasteiger partial charge in [-0.25, -0.2) is 14.8 Å². The number of hydrogen-bond donors (Lipinski definition) is 1. The lowest BCUT2D eigenvalue weighted by molar-refractivity contribution is -0.136. The van der Waals surface area contributed by atoms with E-state index in [1.165, 1.54) is 19.3 Å². The first-order valence-corrected chi connectivity index (χ1v) is 21.7. The Morgan fingerprint density at radius 2 is 1.62 bits per heavy atom. The number of carbonyl (C=O) groups excluding carboxylic acids is 4. The highest BCUT2D eigenvalue weighted by molar-refractivity contribution is 6.31. The van der Waals surface area contributed by atoms with Crippen molar-refractivity contribution in [2.75, 3.05) is 49.1 Å². The molecule has 13 nitrogen and oxygen atoms in total. The number of hydrogen-bond acceptors (Lipinski definition) is 10. The third-order valence-electron chi connectivity index (χ3n) is 13.6. The van der Waals surface area contributed by atoms with Gasteiger partial charge in [-0.2, -0.15) is 0 Å². The summed E-state index contributed by atoms with van der Waals surface area (Å²) in [7, 11) is 0. The Morgan fingerprint density at radius 3 is 2.38 bits per heavy atom. The zero-order valence-electron chi connectivity index (χ0n) is 34.5. The molecule has 1 aliphatic carbocycles. The molecule has 61 heavy (non-hydrogen) atoms. The predicted octanol–water partition coefficient (Wildman–Crippen LogP) is 6.80. The average molecular weight is 841 g/mol. The van der Waals surface area contributed by atoms with E-state index >= 15 is 0 Å². The molecule has 314 valence electrons. The van der Waals surface area contributed by atoms with Gasteiger partial charge in [0.1, 0.15) is 18.4 Å². The molecule has 2 atom stereocenters. The third kappa shape index (κ3) is 8.07. The Kier molecular flexibility index (Phi) is 11.0. The molecule has 4 aromatic rings. The van der Waals surface area contributed by atoms with Crippen LogP contribution in [-0.2, 0) is 21.6 Å². The molecular weight excluding hydrogens is 792 g/mol. The minimum Gasteiger partial charge on any atom is -0.487 e. The largest absolute Gasteiger partial charge is 0.487 e. The number of piperidine rings is 2. The van der Waals surface area contributed by atoms with Gasteiger partial charge in [0.15, 0.2) is 5.69 Å². The molecule has 4 amide bonds. The minimum absolute atomic E-state index is 0.0993. The Balaban J connectivity index is 0.741. The SMILES string of the molecule is [C-]#[N+]c1cc(Cl)cc(C(C)(C)c2ccc(OCc3ccnc(N4CCN(C5CC(C6CCCN(c7ccc8c(c7)C(=O)N(C7CCC(=O)NC7=O)C8=O)C6)C5)CC4)n3)cc2)c1. The number of nitrogens with one attached hydrogen (secondary N) is 1. The molecule has 4 fully saturated rings. The van der Waals surface area contributed by atoms with E-state index in [0.29, 0.717) is 46.3 Å². The van der Waals surface area contributed by atoms with Crippen molar-refractivity contribution in [2.24, 2.45) is 11.8 Å². The van der Waals surface area contributed by atoms with Crippen LogP contribution in [0.3, 0.4) is 0 Å². The molecule has 14 heteroatoms.